The first-order valence-corrected chi connectivity index (χ1v) is 5.06. The molecule has 0 aliphatic rings. The molecule has 0 bridgehead atoms. The monoisotopic (exact) mass is 208 g/mol. The van der Waals surface area contributed by atoms with Gasteiger partial charge in [0.25, 0.3) is 0 Å². The Morgan fingerprint density at radius 3 is 2.67 bits per heavy atom. The Morgan fingerprint density at radius 1 is 1.40 bits per heavy atom. The van der Waals surface area contributed by atoms with Crippen LogP contribution in [0.25, 0.3) is 0 Å². The molecular formula is C12H16O3. The Labute approximate surface area is 89.7 Å². The number of carbonyl (C=O) groups is 1. The molecule has 1 unspecified atom stereocenters. The summed E-state index contributed by atoms with van der Waals surface area (Å²) in [6.45, 7) is 1.96. The van der Waals surface area contributed by atoms with Crippen molar-refractivity contribution < 1.29 is 14.6 Å². The summed E-state index contributed by atoms with van der Waals surface area (Å²) in [6, 6.07) is 9.53. The Kier molecular flexibility index (Phi) is 4.84. The molecule has 3 heteroatoms. The zero-order chi connectivity index (χ0) is 11.1. The first-order chi connectivity index (χ1) is 7.18. The zero-order valence-electron chi connectivity index (χ0n) is 8.85. The molecule has 0 saturated heterocycles. The van der Waals surface area contributed by atoms with Crippen LogP contribution in [-0.2, 0) is 16.1 Å². The number of hydrogen-bond donors (Lipinski definition) is 1. The van der Waals surface area contributed by atoms with E-state index in [1.165, 1.54) is 0 Å². The van der Waals surface area contributed by atoms with Crippen molar-refractivity contribution >= 4 is 5.97 Å². The van der Waals surface area contributed by atoms with Gasteiger partial charge >= 0.3 is 5.97 Å². The summed E-state index contributed by atoms with van der Waals surface area (Å²) in [5.41, 5.74) is 0.975. The van der Waals surface area contributed by atoms with E-state index in [0.29, 0.717) is 13.0 Å². The number of rotatable bonds is 5. The first kappa shape index (κ1) is 11.7. The molecule has 0 heterocycles. The van der Waals surface area contributed by atoms with Crippen LogP contribution < -0.4 is 0 Å². The Hall–Kier alpha value is -1.35. The lowest BCUT2D eigenvalue weighted by molar-refractivity contribution is -0.145. The van der Waals surface area contributed by atoms with E-state index in [9.17, 15) is 4.79 Å². The molecule has 82 valence electrons. The Morgan fingerprint density at radius 2 is 2.07 bits per heavy atom. The minimum absolute atomic E-state index is 0.264. The fourth-order valence-corrected chi connectivity index (χ4v) is 1.14. The SMILES string of the molecule is CC(O)CCC(=O)OCc1ccccc1. The minimum atomic E-state index is -0.450. The van der Waals surface area contributed by atoms with Gasteiger partial charge in [0, 0.05) is 6.42 Å². The third-order valence-electron chi connectivity index (χ3n) is 2.01. The van der Waals surface area contributed by atoms with Gasteiger partial charge in [-0.25, -0.2) is 0 Å². The van der Waals surface area contributed by atoms with Gasteiger partial charge in [0.05, 0.1) is 6.10 Å². The van der Waals surface area contributed by atoms with E-state index in [4.69, 9.17) is 9.84 Å². The van der Waals surface area contributed by atoms with Crippen molar-refractivity contribution in [2.75, 3.05) is 0 Å². The molecular weight excluding hydrogens is 192 g/mol. The predicted octanol–water partition coefficient (Wildman–Crippen LogP) is 1.89. The van der Waals surface area contributed by atoms with Gasteiger partial charge in [0.15, 0.2) is 0 Å². The maximum absolute atomic E-state index is 11.2. The van der Waals surface area contributed by atoms with Crippen LogP contribution in [0.1, 0.15) is 25.3 Å². The zero-order valence-corrected chi connectivity index (χ0v) is 8.85. The van der Waals surface area contributed by atoms with E-state index < -0.39 is 6.10 Å². The molecule has 0 aliphatic heterocycles. The van der Waals surface area contributed by atoms with Crippen molar-refractivity contribution in [3.05, 3.63) is 35.9 Å². The van der Waals surface area contributed by atoms with Gasteiger partial charge in [-0.15, -0.1) is 0 Å². The summed E-state index contributed by atoms with van der Waals surface area (Å²) in [5.74, 6) is -0.264. The van der Waals surface area contributed by atoms with E-state index in [0.717, 1.165) is 5.56 Å². The van der Waals surface area contributed by atoms with Crippen molar-refractivity contribution in [3.63, 3.8) is 0 Å². The average molecular weight is 208 g/mol. The van der Waals surface area contributed by atoms with Crippen LogP contribution in [0.2, 0.25) is 0 Å². The molecule has 1 N–H and O–H groups in total. The molecule has 1 aromatic rings. The quantitative estimate of drug-likeness (QED) is 0.752. The lowest BCUT2D eigenvalue weighted by atomic mass is 10.2. The lowest BCUT2D eigenvalue weighted by Gasteiger charge is -2.05. The van der Waals surface area contributed by atoms with E-state index >= 15 is 0 Å². The normalized spacial score (nSPS) is 12.1. The van der Waals surface area contributed by atoms with Gasteiger partial charge < -0.3 is 9.84 Å². The van der Waals surface area contributed by atoms with Crippen molar-refractivity contribution in [1.82, 2.24) is 0 Å². The summed E-state index contributed by atoms with van der Waals surface area (Å²) < 4.78 is 5.03. The summed E-state index contributed by atoms with van der Waals surface area (Å²) in [6.07, 6.45) is 0.271. The highest BCUT2D eigenvalue weighted by atomic mass is 16.5. The highest BCUT2D eigenvalue weighted by Gasteiger charge is 2.05. The second-order valence-electron chi connectivity index (χ2n) is 3.53. The van der Waals surface area contributed by atoms with Crippen LogP contribution in [0, 0.1) is 0 Å². The molecule has 1 rings (SSSR count). The molecule has 1 aromatic carbocycles. The van der Waals surface area contributed by atoms with E-state index in [2.05, 4.69) is 0 Å². The predicted molar refractivity (Wildman–Crippen MR) is 57.2 cm³/mol. The summed E-state index contributed by atoms with van der Waals surface area (Å²) in [5, 5.41) is 8.98. The lowest BCUT2D eigenvalue weighted by Crippen LogP contribution is -2.08. The van der Waals surface area contributed by atoms with E-state index in [-0.39, 0.29) is 12.4 Å². The molecule has 0 aromatic heterocycles. The van der Waals surface area contributed by atoms with Crippen molar-refractivity contribution in [1.29, 1.82) is 0 Å². The van der Waals surface area contributed by atoms with Crippen LogP contribution in [0.15, 0.2) is 30.3 Å². The van der Waals surface area contributed by atoms with Gasteiger partial charge in [-0.2, -0.15) is 0 Å². The second kappa shape index (κ2) is 6.19. The highest BCUT2D eigenvalue weighted by molar-refractivity contribution is 5.69. The highest BCUT2D eigenvalue weighted by Crippen LogP contribution is 2.03. The Balaban J connectivity index is 2.23. The topological polar surface area (TPSA) is 46.5 Å². The Bertz CT molecular complexity index is 293. The van der Waals surface area contributed by atoms with Crippen LogP contribution >= 0.6 is 0 Å². The average Bonchev–Trinajstić information content (AvgIpc) is 2.25. The molecule has 0 saturated carbocycles. The van der Waals surface area contributed by atoms with Gasteiger partial charge in [0.2, 0.25) is 0 Å². The van der Waals surface area contributed by atoms with Crippen LogP contribution in [0.4, 0.5) is 0 Å². The second-order valence-corrected chi connectivity index (χ2v) is 3.53. The van der Waals surface area contributed by atoms with Crippen molar-refractivity contribution in [3.8, 4) is 0 Å². The van der Waals surface area contributed by atoms with Crippen LogP contribution in [-0.4, -0.2) is 17.2 Å². The van der Waals surface area contributed by atoms with E-state index in [1.54, 1.807) is 6.92 Å². The maximum Gasteiger partial charge on any atom is 0.306 e. The van der Waals surface area contributed by atoms with Crippen LogP contribution in [0.3, 0.4) is 0 Å². The third-order valence-corrected chi connectivity index (χ3v) is 2.01. The van der Waals surface area contributed by atoms with E-state index in [1.807, 2.05) is 30.3 Å². The number of aliphatic hydroxyl groups excluding tert-OH is 1. The largest absolute Gasteiger partial charge is 0.461 e. The number of ether oxygens (including phenoxy) is 1. The minimum Gasteiger partial charge on any atom is -0.461 e. The summed E-state index contributed by atoms with van der Waals surface area (Å²) >= 11 is 0. The molecule has 0 spiro atoms. The molecule has 1 atom stereocenters. The van der Waals surface area contributed by atoms with Crippen molar-refractivity contribution in [2.45, 2.75) is 32.5 Å². The first-order valence-electron chi connectivity index (χ1n) is 5.06. The fraction of sp³-hybridized carbons (Fsp3) is 0.417. The number of aliphatic hydroxyl groups is 1. The number of esters is 1. The van der Waals surface area contributed by atoms with Gasteiger partial charge in [0.1, 0.15) is 6.61 Å². The summed E-state index contributed by atoms with van der Waals surface area (Å²) in [7, 11) is 0. The molecule has 0 radical (unpaired) electrons. The van der Waals surface area contributed by atoms with Gasteiger partial charge in [-0.05, 0) is 18.9 Å². The number of carbonyl (C=O) groups excluding carboxylic acids is 1. The maximum atomic E-state index is 11.2. The molecule has 15 heavy (non-hydrogen) atoms. The number of benzene rings is 1. The third kappa shape index (κ3) is 5.18. The smallest absolute Gasteiger partial charge is 0.306 e. The summed E-state index contributed by atoms with van der Waals surface area (Å²) in [4.78, 5) is 11.2. The van der Waals surface area contributed by atoms with Crippen LogP contribution in [0.5, 0.6) is 0 Å². The molecule has 0 aliphatic carbocycles. The van der Waals surface area contributed by atoms with Gasteiger partial charge in [-0.3, -0.25) is 4.79 Å². The standard InChI is InChI=1S/C12H16O3/c1-10(13)7-8-12(14)15-9-11-5-3-2-4-6-11/h2-6,10,13H,7-9H2,1H3. The molecule has 0 fully saturated rings. The van der Waals surface area contributed by atoms with Gasteiger partial charge in [-0.1, -0.05) is 30.3 Å². The fourth-order valence-electron chi connectivity index (χ4n) is 1.14. The number of hydrogen-bond acceptors (Lipinski definition) is 3. The molecule has 0 amide bonds. The van der Waals surface area contributed by atoms with Crippen molar-refractivity contribution in [2.24, 2.45) is 0 Å². The molecule has 3 nitrogen and oxygen atoms in total.